The molecule has 0 fully saturated rings. The number of ether oxygens (including phenoxy) is 1. The highest BCUT2D eigenvalue weighted by atomic mass is 16.5. The first-order chi connectivity index (χ1) is 12.6. The summed E-state index contributed by atoms with van der Waals surface area (Å²) in [7, 11) is 1.35. The van der Waals surface area contributed by atoms with Gasteiger partial charge in [-0.15, -0.1) is 0 Å². The number of aryl methyl sites for hydroxylation is 1. The van der Waals surface area contributed by atoms with Crippen molar-refractivity contribution in [1.82, 2.24) is 19.6 Å². The molecule has 1 N–H and O–H groups in total. The third kappa shape index (κ3) is 3.80. The van der Waals surface area contributed by atoms with Gasteiger partial charge in [-0.1, -0.05) is 18.2 Å². The number of benzene rings is 1. The first-order valence-electron chi connectivity index (χ1n) is 8.13. The highest BCUT2D eigenvalue weighted by molar-refractivity contribution is 6.03. The largest absolute Gasteiger partial charge is 0.465 e. The second kappa shape index (κ2) is 7.64. The van der Waals surface area contributed by atoms with Crippen LogP contribution in [-0.2, 0) is 17.8 Å². The number of anilines is 1. The molecule has 0 aliphatic carbocycles. The van der Waals surface area contributed by atoms with Crippen molar-refractivity contribution < 1.29 is 14.3 Å². The Labute approximate surface area is 150 Å². The van der Waals surface area contributed by atoms with Crippen LogP contribution in [-0.4, -0.2) is 38.5 Å². The van der Waals surface area contributed by atoms with Gasteiger partial charge in [-0.2, -0.15) is 10.2 Å². The number of nitrogens with zero attached hydrogens (tertiary/aromatic N) is 4. The van der Waals surface area contributed by atoms with Crippen LogP contribution in [0.25, 0.3) is 0 Å². The summed E-state index contributed by atoms with van der Waals surface area (Å²) in [5.74, 6) is -0.645. The number of hydrogen-bond acceptors (Lipinski definition) is 5. The second-order valence-corrected chi connectivity index (χ2v) is 5.61. The van der Waals surface area contributed by atoms with E-state index in [4.69, 9.17) is 4.74 Å². The van der Waals surface area contributed by atoms with Crippen molar-refractivity contribution in [3.05, 3.63) is 65.7 Å². The van der Waals surface area contributed by atoms with Crippen LogP contribution in [0.1, 0.15) is 33.2 Å². The molecule has 3 aromatic rings. The molecule has 0 atom stereocenters. The molecule has 8 nitrogen and oxygen atoms in total. The van der Waals surface area contributed by atoms with Crippen LogP contribution < -0.4 is 5.32 Å². The van der Waals surface area contributed by atoms with Crippen molar-refractivity contribution in [2.45, 2.75) is 20.0 Å². The van der Waals surface area contributed by atoms with Gasteiger partial charge in [0.05, 0.1) is 42.9 Å². The monoisotopic (exact) mass is 353 g/mol. The standard InChI is InChI=1S/C18H19N5O3/c1-3-22-11-14(8-19-22)17(24)21-15-9-20-23(12-15)10-13-6-4-5-7-16(13)18(25)26-2/h4-9,11-12H,3,10H2,1-2H3,(H,21,24). The fourth-order valence-electron chi connectivity index (χ4n) is 2.51. The zero-order valence-electron chi connectivity index (χ0n) is 14.5. The summed E-state index contributed by atoms with van der Waals surface area (Å²) in [6.07, 6.45) is 6.47. The number of aromatic nitrogens is 4. The van der Waals surface area contributed by atoms with Crippen molar-refractivity contribution in [2.24, 2.45) is 0 Å². The maximum atomic E-state index is 12.2. The molecule has 2 aromatic heterocycles. The van der Waals surface area contributed by atoms with Crippen LogP contribution in [0.2, 0.25) is 0 Å². The van der Waals surface area contributed by atoms with Gasteiger partial charge in [0, 0.05) is 18.9 Å². The van der Waals surface area contributed by atoms with Crippen LogP contribution in [0.3, 0.4) is 0 Å². The van der Waals surface area contributed by atoms with E-state index < -0.39 is 5.97 Å². The first kappa shape index (κ1) is 17.4. The topological polar surface area (TPSA) is 91.0 Å². The number of rotatable bonds is 6. The third-order valence-corrected chi connectivity index (χ3v) is 3.87. The summed E-state index contributed by atoms with van der Waals surface area (Å²) < 4.78 is 8.13. The Morgan fingerprint density at radius 3 is 2.62 bits per heavy atom. The van der Waals surface area contributed by atoms with Gasteiger partial charge in [-0.25, -0.2) is 4.79 Å². The van der Waals surface area contributed by atoms with Crippen molar-refractivity contribution in [1.29, 1.82) is 0 Å². The molecule has 26 heavy (non-hydrogen) atoms. The van der Waals surface area contributed by atoms with Crippen molar-refractivity contribution in [3.63, 3.8) is 0 Å². The Morgan fingerprint density at radius 1 is 1.12 bits per heavy atom. The Bertz CT molecular complexity index is 928. The maximum Gasteiger partial charge on any atom is 0.338 e. The quantitative estimate of drug-likeness (QED) is 0.686. The Balaban J connectivity index is 1.71. The summed E-state index contributed by atoms with van der Waals surface area (Å²) in [5.41, 5.74) is 2.32. The average molecular weight is 353 g/mol. The van der Waals surface area contributed by atoms with E-state index in [-0.39, 0.29) is 5.91 Å². The van der Waals surface area contributed by atoms with E-state index in [1.807, 2.05) is 19.1 Å². The minimum absolute atomic E-state index is 0.251. The maximum absolute atomic E-state index is 12.2. The van der Waals surface area contributed by atoms with E-state index in [1.165, 1.54) is 13.3 Å². The molecule has 0 radical (unpaired) electrons. The van der Waals surface area contributed by atoms with Gasteiger partial charge >= 0.3 is 5.97 Å². The lowest BCUT2D eigenvalue weighted by atomic mass is 10.1. The van der Waals surface area contributed by atoms with Crippen LogP contribution in [0, 0.1) is 0 Å². The highest BCUT2D eigenvalue weighted by Gasteiger charge is 2.13. The molecule has 134 valence electrons. The lowest BCUT2D eigenvalue weighted by Gasteiger charge is -2.07. The normalized spacial score (nSPS) is 10.5. The van der Waals surface area contributed by atoms with Gasteiger partial charge in [0.25, 0.3) is 5.91 Å². The summed E-state index contributed by atoms with van der Waals surface area (Å²) in [6, 6.07) is 7.17. The zero-order valence-corrected chi connectivity index (χ0v) is 14.5. The van der Waals surface area contributed by atoms with E-state index in [2.05, 4.69) is 15.5 Å². The third-order valence-electron chi connectivity index (χ3n) is 3.87. The Morgan fingerprint density at radius 2 is 1.88 bits per heavy atom. The van der Waals surface area contributed by atoms with Gasteiger partial charge in [-0.3, -0.25) is 14.2 Å². The molecule has 8 heteroatoms. The molecule has 0 saturated carbocycles. The first-order valence-corrected chi connectivity index (χ1v) is 8.13. The molecule has 0 aliphatic rings. The van der Waals surface area contributed by atoms with Crippen LogP contribution in [0.5, 0.6) is 0 Å². The summed E-state index contributed by atoms with van der Waals surface area (Å²) in [6.45, 7) is 3.03. The molecule has 0 bridgehead atoms. The zero-order chi connectivity index (χ0) is 18.5. The Kier molecular flexibility index (Phi) is 5.12. The predicted molar refractivity (Wildman–Crippen MR) is 95.0 cm³/mol. The van der Waals surface area contributed by atoms with Gasteiger partial charge in [0.2, 0.25) is 0 Å². The van der Waals surface area contributed by atoms with E-state index in [0.29, 0.717) is 29.9 Å². The summed E-state index contributed by atoms with van der Waals surface area (Å²) >= 11 is 0. The lowest BCUT2D eigenvalue weighted by Crippen LogP contribution is -2.11. The fraction of sp³-hybridized carbons (Fsp3) is 0.222. The second-order valence-electron chi connectivity index (χ2n) is 5.61. The highest BCUT2D eigenvalue weighted by Crippen LogP contribution is 2.14. The van der Waals surface area contributed by atoms with Crippen molar-refractivity contribution in [2.75, 3.05) is 12.4 Å². The fourth-order valence-corrected chi connectivity index (χ4v) is 2.51. The molecule has 0 aliphatic heterocycles. The SMILES string of the molecule is CCn1cc(C(=O)Nc2cnn(Cc3ccccc3C(=O)OC)c2)cn1. The van der Waals surface area contributed by atoms with E-state index in [0.717, 1.165) is 5.56 Å². The molecule has 3 rings (SSSR count). The Hall–Kier alpha value is -3.42. The van der Waals surface area contributed by atoms with E-state index in [1.54, 1.807) is 40.1 Å². The molecule has 1 aromatic carbocycles. The summed E-state index contributed by atoms with van der Waals surface area (Å²) in [5, 5.41) is 11.1. The minimum Gasteiger partial charge on any atom is -0.465 e. The van der Waals surface area contributed by atoms with Gasteiger partial charge in [0.15, 0.2) is 0 Å². The van der Waals surface area contributed by atoms with Gasteiger partial charge in [0.1, 0.15) is 0 Å². The molecular weight excluding hydrogens is 334 g/mol. The van der Waals surface area contributed by atoms with Gasteiger partial charge in [-0.05, 0) is 18.6 Å². The van der Waals surface area contributed by atoms with Crippen molar-refractivity contribution >= 4 is 17.6 Å². The molecule has 2 heterocycles. The number of carbonyl (C=O) groups is 2. The van der Waals surface area contributed by atoms with E-state index >= 15 is 0 Å². The molecule has 0 saturated heterocycles. The van der Waals surface area contributed by atoms with Crippen LogP contribution in [0.4, 0.5) is 5.69 Å². The minimum atomic E-state index is -0.394. The summed E-state index contributed by atoms with van der Waals surface area (Å²) in [4.78, 5) is 24.1. The smallest absolute Gasteiger partial charge is 0.338 e. The number of carbonyl (C=O) groups excluding carboxylic acids is 2. The lowest BCUT2D eigenvalue weighted by molar-refractivity contribution is 0.0599. The number of esters is 1. The van der Waals surface area contributed by atoms with Crippen molar-refractivity contribution in [3.8, 4) is 0 Å². The molecular formula is C18H19N5O3. The average Bonchev–Trinajstić information content (AvgIpc) is 3.31. The van der Waals surface area contributed by atoms with Gasteiger partial charge < -0.3 is 10.1 Å². The number of nitrogens with one attached hydrogen (secondary N) is 1. The van der Waals surface area contributed by atoms with Crippen LogP contribution in [0.15, 0.2) is 49.1 Å². The number of hydrogen-bond donors (Lipinski definition) is 1. The predicted octanol–water partition coefficient (Wildman–Crippen LogP) is 2.19. The molecule has 0 unspecified atom stereocenters. The molecule has 0 spiro atoms. The molecule has 1 amide bonds. The van der Waals surface area contributed by atoms with Crippen LogP contribution >= 0.6 is 0 Å². The number of amides is 1. The van der Waals surface area contributed by atoms with E-state index in [9.17, 15) is 9.59 Å². The number of methoxy groups -OCH3 is 1.